The van der Waals surface area contributed by atoms with Gasteiger partial charge in [-0.25, -0.2) is 9.59 Å². The predicted octanol–water partition coefficient (Wildman–Crippen LogP) is -1.42. The number of nitrogens with zero attached hydrogens (tertiary/aromatic N) is 1. The number of rotatable bonds is 6. The van der Waals surface area contributed by atoms with Crippen LogP contribution < -0.4 is 5.73 Å². The maximum atomic E-state index is 10.5. The van der Waals surface area contributed by atoms with Crippen LogP contribution in [0.4, 0.5) is 0 Å². The Balaban J connectivity index is 0. The van der Waals surface area contributed by atoms with Gasteiger partial charge in [-0.05, 0) is 6.42 Å². The molecule has 7 N–H and O–H groups in total. The van der Waals surface area contributed by atoms with E-state index in [-0.39, 0.29) is 5.96 Å². The third-order valence-corrected chi connectivity index (χ3v) is 2.17. The van der Waals surface area contributed by atoms with Gasteiger partial charge in [0.05, 0.1) is 6.42 Å². The number of aliphatic hydroxyl groups excluding tert-OH is 1. The second-order valence-corrected chi connectivity index (χ2v) is 3.71. The van der Waals surface area contributed by atoms with Crippen LogP contribution in [0.3, 0.4) is 0 Å². The average Bonchev–Trinajstić information content (AvgIpc) is 2.28. The van der Waals surface area contributed by atoms with E-state index < -0.39 is 36.5 Å². The van der Waals surface area contributed by atoms with Gasteiger partial charge in [-0.3, -0.25) is 10.2 Å². The van der Waals surface area contributed by atoms with Crippen molar-refractivity contribution in [3.63, 3.8) is 0 Å². The number of hydrogen-bond acceptors (Lipinski definition) is 5. The van der Waals surface area contributed by atoms with Crippen LogP contribution in [0.5, 0.6) is 0 Å². The van der Waals surface area contributed by atoms with Gasteiger partial charge in [0.1, 0.15) is 6.04 Å². The van der Waals surface area contributed by atoms with Crippen LogP contribution in [0.25, 0.3) is 0 Å². The average molecular weight is 293 g/mol. The minimum absolute atomic E-state index is 0.223. The molecule has 0 aliphatic rings. The first-order valence-corrected chi connectivity index (χ1v) is 5.46. The Labute approximate surface area is 114 Å². The maximum Gasteiger partial charge on any atom is 0.333 e. The van der Waals surface area contributed by atoms with Crippen LogP contribution >= 0.6 is 0 Å². The molecule has 0 fully saturated rings. The third-order valence-electron chi connectivity index (χ3n) is 2.17. The van der Waals surface area contributed by atoms with Crippen LogP contribution in [0, 0.1) is 5.41 Å². The molecule has 0 radical (unpaired) electrons. The largest absolute Gasteiger partial charge is 0.481 e. The van der Waals surface area contributed by atoms with Crippen molar-refractivity contribution in [3.8, 4) is 0 Å². The Kier molecular flexibility index (Phi) is 9.54. The van der Waals surface area contributed by atoms with Crippen LogP contribution in [0.15, 0.2) is 0 Å². The topological polar surface area (TPSA) is 185 Å². The van der Waals surface area contributed by atoms with E-state index in [2.05, 4.69) is 0 Å². The fourth-order valence-electron chi connectivity index (χ4n) is 1.03. The van der Waals surface area contributed by atoms with Gasteiger partial charge in [-0.1, -0.05) is 6.92 Å². The third kappa shape index (κ3) is 8.69. The highest BCUT2D eigenvalue weighted by atomic mass is 16.4. The second-order valence-electron chi connectivity index (χ2n) is 3.71. The van der Waals surface area contributed by atoms with E-state index in [0.717, 1.165) is 0 Å². The molecule has 20 heavy (non-hydrogen) atoms. The van der Waals surface area contributed by atoms with E-state index in [9.17, 15) is 14.4 Å². The Morgan fingerprint density at radius 3 is 1.75 bits per heavy atom. The summed E-state index contributed by atoms with van der Waals surface area (Å²) in [5.41, 5.74) is 5.10. The molecule has 0 rings (SSSR count). The Hall–Kier alpha value is -2.36. The lowest BCUT2D eigenvalue weighted by Crippen LogP contribution is -2.45. The summed E-state index contributed by atoms with van der Waals surface area (Å²) in [6, 6.07) is -0.688. The highest BCUT2D eigenvalue weighted by Gasteiger charge is 2.20. The van der Waals surface area contributed by atoms with Crippen LogP contribution in [-0.4, -0.2) is 68.4 Å². The van der Waals surface area contributed by atoms with E-state index >= 15 is 0 Å². The van der Waals surface area contributed by atoms with E-state index in [1.165, 1.54) is 11.9 Å². The molecule has 2 unspecified atom stereocenters. The van der Waals surface area contributed by atoms with Gasteiger partial charge in [-0.15, -0.1) is 0 Å². The zero-order valence-corrected chi connectivity index (χ0v) is 11.1. The SMILES string of the molecule is CCC(C(=O)O)N(C)C(=N)N.O=C(O)CC(O)C(=O)O. The Bertz CT molecular complexity index is 372. The summed E-state index contributed by atoms with van der Waals surface area (Å²) >= 11 is 0. The molecule has 2 atom stereocenters. The van der Waals surface area contributed by atoms with Crippen molar-refractivity contribution in [2.24, 2.45) is 5.73 Å². The molecule has 0 amide bonds. The lowest BCUT2D eigenvalue weighted by molar-refractivity contribution is -0.152. The number of nitrogens with two attached hydrogens (primary N) is 1. The smallest absolute Gasteiger partial charge is 0.333 e. The number of carbonyl (C=O) groups is 3. The first kappa shape index (κ1) is 20.0. The molecular formula is C10H19N3O7. The molecule has 0 aromatic carbocycles. The molecule has 0 bridgehead atoms. The van der Waals surface area contributed by atoms with Gasteiger partial charge in [0, 0.05) is 7.05 Å². The van der Waals surface area contributed by atoms with E-state index in [1.807, 2.05) is 0 Å². The summed E-state index contributed by atoms with van der Waals surface area (Å²) in [6.07, 6.45) is -2.11. The summed E-state index contributed by atoms with van der Waals surface area (Å²) < 4.78 is 0. The molecule has 10 nitrogen and oxygen atoms in total. The number of guanidine groups is 1. The summed E-state index contributed by atoms with van der Waals surface area (Å²) in [7, 11) is 1.49. The number of nitrogens with one attached hydrogen (secondary N) is 1. The summed E-state index contributed by atoms with van der Waals surface area (Å²) in [6.45, 7) is 1.73. The fraction of sp³-hybridized carbons (Fsp3) is 0.600. The number of aliphatic hydroxyl groups is 1. The first-order valence-electron chi connectivity index (χ1n) is 5.46. The number of hydrogen-bond donors (Lipinski definition) is 6. The van der Waals surface area contributed by atoms with Gasteiger partial charge in [-0.2, -0.15) is 0 Å². The standard InChI is InChI=1S/C6H13N3O2.C4H6O5/c1-3-4(5(10)11)9(2)6(7)8;5-2(4(8)9)1-3(6)7/h4H,3H2,1-2H3,(H3,7,8)(H,10,11);2,5H,1H2,(H,6,7)(H,8,9). The Morgan fingerprint density at radius 1 is 1.20 bits per heavy atom. The molecule has 0 aliphatic heterocycles. The van der Waals surface area contributed by atoms with Gasteiger partial charge in [0.25, 0.3) is 0 Å². The molecular weight excluding hydrogens is 274 g/mol. The number of carboxylic acid groups (broad SMARTS) is 3. The number of carboxylic acids is 3. The van der Waals surface area contributed by atoms with Crippen LogP contribution in [0.1, 0.15) is 19.8 Å². The quantitative estimate of drug-likeness (QED) is 0.252. The van der Waals surface area contributed by atoms with Crippen molar-refractivity contribution in [3.05, 3.63) is 0 Å². The van der Waals surface area contributed by atoms with Crippen LogP contribution in [0.2, 0.25) is 0 Å². The highest BCUT2D eigenvalue weighted by Crippen LogP contribution is 1.99. The lowest BCUT2D eigenvalue weighted by Gasteiger charge is -2.23. The minimum Gasteiger partial charge on any atom is -0.481 e. The van der Waals surface area contributed by atoms with Crippen molar-refractivity contribution >= 4 is 23.9 Å². The molecule has 0 spiro atoms. The molecule has 0 aromatic heterocycles. The number of aliphatic carboxylic acids is 3. The van der Waals surface area contributed by atoms with E-state index in [1.54, 1.807) is 6.92 Å². The summed E-state index contributed by atoms with van der Waals surface area (Å²) in [5.74, 6) is -4.02. The van der Waals surface area contributed by atoms with Gasteiger partial charge in [0.2, 0.25) is 0 Å². The molecule has 0 aliphatic carbocycles. The van der Waals surface area contributed by atoms with Crippen molar-refractivity contribution in [2.45, 2.75) is 31.9 Å². The van der Waals surface area contributed by atoms with Gasteiger partial charge in [0.15, 0.2) is 12.1 Å². The van der Waals surface area contributed by atoms with E-state index in [0.29, 0.717) is 6.42 Å². The zero-order valence-electron chi connectivity index (χ0n) is 11.1. The van der Waals surface area contributed by atoms with Crippen molar-refractivity contribution in [1.82, 2.24) is 4.90 Å². The van der Waals surface area contributed by atoms with Crippen molar-refractivity contribution in [1.29, 1.82) is 5.41 Å². The fourth-order valence-corrected chi connectivity index (χ4v) is 1.03. The Morgan fingerprint density at radius 2 is 1.65 bits per heavy atom. The predicted molar refractivity (Wildman–Crippen MR) is 67.3 cm³/mol. The molecule has 0 saturated heterocycles. The van der Waals surface area contributed by atoms with Crippen molar-refractivity contribution in [2.75, 3.05) is 7.05 Å². The van der Waals surface area contributed by atoms with Crippen molar-refractivity contribution < 1.29 is 34.8 Å². The maximum absolute atomic E-state index is 10.5. The second kappa shape index (κ2) is 9.55. The van der Waals surface area contributed by atoms with Gasteiger partial charge >= 0.3 is 17.9 Å². The number of likely N-dealkylation sites (N-methyl/N-ethyl adjacent to an activating group) is 1. The minimum atomic E-state index is -1.79. The summed E-state index contributed by atoms with van der Waals surface area (Å²) in [5, 5.41) is 39.7. The lowest BCUT2D eigenvalue weighted by atomic mass is 10.2. The first-order chi connectivity index (χ1) is 9.04. The normalized spacial score (nSPS) is 12.3. The highest BCUT2D eigenvalue weighted by molar-refractivity contribution is 5.82. The molecule has 10 heteroatoms. The molecule has 0 saturated carbocycles. The monoisotopic (exact) mass is 293 g/mol. The molecule has 0 heterocycles. The van der Waals surface area contributed by atoms with Crippen LogP contribution in [-0.2, 0) is 14.4 Å². The molecule has 116 valence electrons. The zero-order chi connectivity index (χ0) is 16.5. The summed E-state index contributed by atoms with van der Waals surface area (Å²) in [4.78, 5) is 31.1. The molecule has 0 aromatic rings. The van der Waals surface area contributed by atoms with Gasteiger partial charge < -0.3 is 31.1 Å². The van der Waals surface area contributed by atoms with E-state index in [4.69, 9.17) is 31.6 Å².